The number of benzene rings is 1. The summed E-state index contributed by atoms with van der Waals surface area (Å²) < 4.78 is 41.0. The summed E-state index contributed by atoms with van der Waals surface area (Å²) in [4.78, 5) is 23.4. The van der Waals surface area contributed by atoms with Crippen LogP contribution in [0.5, 0.6) is 0 Å². The van der Waals surface area contributed by atoms with Gasteiger partial charge in [0.2, 0.25) is 5.95 Å². The van der Waals surface area contributed by atoms with E-state index in [-0.39, 0.29) is 17.8 Å². The van der Waals surface area contributed by atoms with Gasteiger partial charge in [0.1, 0.15) is 5.52 Å². The number of alkyl halides is 3. The predicted octanol–water partition coefficient (Wildman–Crippen LogP) is 2.21. The van der Waals surface area contributed by atoms with Crippen LogP contribution in [0, 0.1) is 5.92 Å². The molecule has 2 aromatic heterocycles. The SMILES string of the molecule is O=c1[nH]c2cnc(NC[C@H]3CCNC3)nc2n1Cc1ccccc1C(F)(F)F. The van der Waals surface area contributed by atoms with E-state index in [0.717, 1.165) is 25.6 Å². The lowest BCUT2D eigenvalue weighted by Crippen LogP contribution is -2.21. The number of nitrogens with one attached hydrogen (secondary N) is 3. The number of hydrogen-bond acceptors (Lipinski definition) is 5. The Balaban J connectivity index is 1.64. The van der Waals surface area contributed by atoms with Gasteiger partial charge in [0.15, 0.2) is 5.65 Å². The van der Waals surface area contributed by atoms with E-state index in [1.807, 2.05) is 0 Å². The van der Waals surface area contributed by atoms with Gasteiger partial charge in [-0.05, 0) is 37.1 Å². The molecule has 1 aromatic carbocycles. The molecular formula is C18H19F3N6O. The number of fused-ring (bicyclic) bond motifs is 1. The Morgan fingerprint density at radius 2 is 2.11 bits per heavy atom. The van der Waals surface area contributed by atoms with Gasteiger partial charge in [0, 0.05) is 6.54 Å². The van der Waals surface area contributed by atoms with Crippen LogP contribution in [0.1, 0.15) is 17.5 Å². The molecule has 7 nitrogen and oxygen atoms in total. The van der Waals surface area contributed by atoms with Crippen molar-refractivity contribution in [1.29, 1.82) is 0 Å². The largest absolute Gasteiger partial charge is 0.416 e. The fourth-order valence-electron chi connectivity index (χ4n) is 3.41. The molecule has 10 heteroatoms. The van der Waals surface area contributed by atoms with Crippen molar-refractivity contribution in [2.24, 2.45) is 5.92 Å². The molecule has 1 aliphatic rings. The van der Waals surface area contributed by atoms with Crippen LogP contribution in [0.15, 0.2) is 35.3 Å². The van der Waals surface area contributed by atoms with E-state index in [0.29, 0.717) is 23.9 Å². The first-order valence-corrected chi connectivity index (χ1v) is 8.97. The van der Waals surface area contributed by atoms with Gasteiger partial charge < -0.3 is 15.6 Å². The van der Waals surface area contributed by atoms with E-state index in [9.17, 15) is 18.0 Å². The molecule has 1 fully saturated rings. The van der Waals surface area contributed by atoms with E-state index >= 15 is 0 Å². The van der Waals surface area contributed by atoms with Crippen molar-refractivity contribution in [1.82, 2.24) is 24.8 Å². The second-order valence-corrected chi connectivity index (χ2v) is 6.84. The maximum absolute atomic E-state index is 13.3. The van der Waals surface area contributed by atoms with E-state index in [1.54, 1.807) is 0 Å². The van der Waals surface area contributed by atoms with Crippen LogP contribution in [-0.4, -0.2) is 39.2 Å². The first-order chi connectivity index (χ1) is 13.4. The Kier molecular flexibility index (Phi) is 4.80. The highest BCUT2D eigenvalue weighted by Crippen LogP contribution is 2.32. The average molecular weight is 392 g/mol. The number of hydrogen-bond donors (Lipinski definition) is 3. The quantitative estimate of drug-likeness (QED) is 0.620. The summed E-state index contributed by atoms with van der Waals surface area (Å²) >= 11 is 0. The van der Waals surface area contributed by atoms with E-state index < -0.39 is 17.4 Å². The van der Waals surface area contributed by atoms with E-state index in [4.69, 9.17) is 0 Å². The lowest BCUT2D eigenvalue weighted by atomic mass is 10.1. The number of imidazole rings is 1. The van der Waals surface area contributed by atoms with E-state index in [1.165, 1.54) is 29.0 Å². The first-order valence-electron chi connectivity index (χ1n) is 8.97. The third kappa shape index (κ3) is 3.72. The molecule has 1 aliphatic heterocycles. The fraction of sp³-hybridized carbons (Fsp3) is 0.389. The molecule has 148 valence electrons. The number of H-pyrrole nitrogens is 1. The molecule has 0 saturated carbocycles. The summed E-state index contributed by atoms with van der Waals surface area (Å²) in [6.45, 7) is 2.34. The maximum Gasteiger partial charge on any atom is 0.416 e. The van der Waals surface area contributed by atoms with Gasteiger partial charge in [-0.3, -0.25) is 4.57 Å². The standard InChI is InChI=1S/C18H19F3N6O/c19-18(20,21)13-4-2-1-3-12(13)10-27-15-14(25-17(27)28)9-24-16(26-15)23-8-11-5-6-22-7-11/h1-4,9,11,22H,5-8,10H2,(H,25,28)(H,23,24,26)/t11-/m0/s1. The second-order valence-electron chi connectivity index (χ2n) is 6.84. The molecular weight excluding hydrogens is 373 g/mol. The minimum atomic E-state index is -4.50. The molecule has 0 amide bonds. The number of anilines is 1. The topological polar surface area (TPSA) is 87.6 Å². The van der Waals surface area contributed by atoms with E-state index in [2.05, 4.69) is 25.6 Å². The van der Waals surface area contributed by atoms with Crippen LogP contribution < -0.4 is 16.3 Å². The second kappa shape index (κ2) is 7.27. The third-order valence-electron chi connectivity index (χ3n) is 4.87. The third-order valence-corrected chi connectivity index (χ3v) is 4.87. The Hall–Kier alpha value is -2.88. The minimum Gasteiger partial charge on any atom is -0.354 e. The van der Waals surface area contributed by atoms with Crippen LogP contribution in [0.3, 0.4) is 0 Å². The number of rotatable bonds is 5. The molecule has 0 unspecified atom stereocenters. The molecule has 3 heterocycles. The van der Waals surface area contributed by atoms with Crippen LogP contribution in [-0.2, 0) is 12.7 Å². The molecule has 0 aliphatic carbocycles. The first kappa shape index (κ1) is 18.5. The Labute approximate surface area is 158 Å². The van der Waals surface area contributed by atoms with Crippen molar-refractivity contribution in [3.05, 3.63) is 52.1 Å². The van der Waals surface area contributed by atoms with Crippen LogP contribution in [0.2, 0.25) is 0 Å². The molecule has 3 aromatic rings. The summed E-state index contributed by atoms with van der Waals surface area (Å²) in [5.74, 6) is 0.808. The molecule has 4 rings (SSSR count). The Bertz CT molecular complexity index is 1040. The smallest absolute Gasteiger partial charge is 0.354 e. The minimum absolute atomic E-state index is 0.00292. The van der Waals surface area contributed by atoms with Gasteiger partial charge >= 0.3 is 11.9 Å². The van der Waals surface area contributed by atoms with Crippen molar-refractivity contribution in [3.8, 4) is 0 Å². The molecule has 3 N–H and O–H groups in total. The molecule has 1 saturated heterocycles. The summed E-state index contributed by atoms with van der Waals surface area (Å²) in [7, 11) is 0. The fourth-order valence-corrected chi connectivity index (χ4v) is 3.41. The van der Waals surface area contributed by atoms with Crippen molar-refractivity contribution < 1.29 is 13.2 Å². The number of nitrogens with zero attached hydrogens (tertiary/aromatic N) is 3. The average Bonchev–Trinajstić information content (AvgIpc) is 3.28. The van der Waals surface area contributed by atoms with Crippen LogP contribution >= 0.6 is 0 Å². The van der Waals surface area contributed by atoms with Crippen molar-refractivity contribution >= 4 is 17.1 Å². The van der Waals surface area contributed by atoms with Gasteiger partial charge in [-0.2, -0.15) is 18.2 Å². The van der Waals surface area contributed by atoms with Gasteiger partial charge in [-0.15, -0.1) is 0 Å². The summed E-state index contributed by atoms with van der Waals surface area (Å²) in [6, 6.07) is 5.21. The number of halogens is 3. The monoisotopic (exact) mass is 392 g/mol. The lowest BCUT2D eigenvalue weighted by molar-refractivity contribution is -0.138. The zero-order valence-corrected chi connectivity index (χ0v) is 14.9. The van der Waals surface area contributed by atoms with Crippen molar-refractivity contribution in [2.45, 2.75) is 19.1 Å². The number of aromatic nitrogens is 4. The van der Waals surface area contributed by atoms with Crippen LogP contribution in [0.4, 0.5) is 19.1 Å². The zero-order chi connectivity index (χ0) is 19.7. The molecule has 0 bridgehead atoms. The Morgan fingerprint density at radius 3 is 2.86 bits per heavy atom. The van der Waals surface area contributed by atoms with Crippen molar-refractivity contribution in [3.63, 3.8) is 0 Å². The highest BCUT2D eigenvalue weighted by molar-refractivity contribution is 5.71. The normalized spacial score (nSPS) is 17.3. The highest BCUT2D eigenvalue weighted by Gasteiger charge is 2.33. The molecule has 1 atom stereocenters. The summed E-state index contributed by atoms with van der Waals surface area (Å²) in [5, 5.41) is 6.42. The molecule has 28 heavy (non-hydrogen) atoms. The summed E-state index contributed by atoms with van der Waals surface area (Å²) in [6.07, 6.45) is -1.98. The molecule has 0 radical (unpaired) electrons. The number of aromatic amines is 1. The summed E-state index contributed by atoms with van der Waals surface area (Å²) in [5.41, 5.74) is -0.648. The van der Waals surface area contributed by atoms with Gasteiger partial charge in [0.25, 0.3) is 0 Å². The lowest BCUT2D eigenvalue weighted by Gasteiger charge is -2.13. The zero-order valence-electron chi connectivity index (χ0n) is 14.9. The van der Waals surface area contributed by atoms with Crippen molar-refractivity contribution in [2.75, 3.05) is 25.0 Å². The predicted molar refractivity (Wildman–Crippen MR) is 98.2 cm³/mol. The highest BCUT2D eigenvalue weighted by atomic mass is 19.4. The van der Waals surface area contributed by atoms with Gasteiger partial charge in [-0.1, -0.05) is 18.2 Å². The maximum atomic E-state index is 13.3. The van der Waals surface area contributed by atoms with Crippen LogP contribution in [0.25, 0.3) is 11.2 Å². The molecule has 0 spiro atoms. The Morgan fingerprint density at radius 1 is 1.29 bits per heavy atom. The van der Waals surface area contributed by atoms with Gasteiger partial charge in [0.05, 0.1) is 18.3 Å². The van der Waals surface area contributed by atoms with Gasteiger partial charge in [-0.25, -0.2) is 9.78 Å².